The van der Waals surface area contributed by atoms with Gasteiger partial charge in [-0.05, 0) is 31.7 Å². The lowest BCUT2D eigenvalue weighted by Crippen LogP contribution is -2.38. The molecule has 1 aliphatic rings. The van der Waals surface area contributed by atoms with Crippen LogP contribution in [0.3, 0.4) is 0 Å². The Balaban J connectivity index is 0.00000261. The van der Waals surface area contributed by atoms with Gasteiger partial charge in [0.15, 0.2) is 5.96 Å². The van der Waals surface area contributed by atoms with E-state index in [1.165, 1.54) is 11.1 Å². The fraction of sp³-hybridized carbons (Fsp3) is 0.526. The minimum atomic E-state index is 0. The number of aryl methyl sites for hydroxylation is 3. The van der Waals surface area contributed by atoms with Crippen LogP contribution in [0.1, 0.15) is 36.2 Å². The fourth-order valence-electron chi connectivity index (χ4n) is 3.26. The van der Waals surface area contributed by atoms with E-state index in [1.807, 2.05) is 4.57 Å². The molecule has 2 aromatic rings. The third kappa shape index (κ3) is 5.82. The Morgan fingerprint density at radius 1 is 1.30 bits per heavy atom. The van der Waals surface area contributed by atoms with Gasteiger partial charge in [-0.1, -0.05) is 29.8 Å². The lowest BCUT2D eigenvalue weighted by atomic mass is 10.1. The van der Waals surface area contributed by atoms with Gasteiger partial charge >= 0.3 is 5.69 Å². The van der Waals surface area contributed by atoms with Gasteiger partial charge < -0.3 is 10.6 Å². The number of benzene rings is 1. The smallest absolute Gasteiger partial charge is 0.345 e. The number of rotatable bonds is 6. The second-order valence-corrected chi connectivity index (χ2v) is 6.73. The largest absolute Gasteiger partial charge is 0.356 e. The third-order valence-corrected chi connectivity index (χ3v) is 4.64. The molecule has 7 nitrogen and oxygen atoms in total. The van der Waals surface area contributed by atoms with Gasteiger partial charge in [-0.3, -0.25) is 9.56 Å². The van der Waals surface area contributed by atoms with Crippen LogP contribution in [0.2, 0.25) is 0 Å². The van der Waals surface area contributed by atoms with Crippen LogP contribution in [0, 0.1) is 6.92 Å². The summed E-state index contributed by atoms with van der Waals surface area (Å²) in [5.41, 5.74) is 2.50. The van der Waals surface area contributed by atoms with Crippen molar-refractivity contribution in [3.05, 3.63) is 51.7 Å². The highest BCUT2D eigenvalue weighted by molar-refractivity contribution is 14.0. The first kappa shape index (κ1) is 21.5. The molecule has 3 rings (SSSR count). The summed E-state index contributed by atoms with van der Waals surface area (Å²) in [6, 6.07) is 8.41. The lowest BCUT2D eigenvalue weighted by Gasteiger charge is -2.12. The van der Waals surface area contributed by atoms with Crippen molar-refractivity contribution in [3.8, 4) is 0 Å². The minimum absolute atomic E-state index is 0. The Hall–Kier alpha value is -1.84. The van der Waals surface area contributed by atoms with E-state index in [2.05, 4.69) is 51.9 Å². The highest BCUT2D eigenvalue weighted by Gasteiger charge is 2.16. The molecule has 8 heteroatoms. The molecule has 0 aliphatic carbocycles. The van der Waals surface area contributed by atoms with Gasteiger partial charge in [0.25, 0.3) is 0 Å². The van der Waals surface area contributed by atoms with E-state index in [4.69, 9.17) is 0 Å². The van der Waals surface area contributed by atoms with Crippen LogP contribution in [-0.4, -0.2) is 33.9 Å². The van der Waals surface area contributed by atoms with Gasteiger partial charge in [-0.2, -0.15) is 5.10 Å². The Morgan fingerprint density at radius 2 is 2.15 bits per heavy atom. The molecule has 1 aromatic carbocycles. The Morgan fingerprint density at radius 3 is 2.89 bits per heavy atom. The van der Waals surface area contributed by atoms with Crippen LogP contribution in [0.4, 0.5) is 0 Å². The number of halogens is 1. The molecule has 1 aliphatic heterocycles. The Bertz CT molecular complexity index is 826. The molecule has 0 unspecified atom stereocenters. The van der Waals surface area contributed by atoms with Gasteiger partial charge in [-0.15, -0.1) is 24.0 Å². The van der Waals surface area contributed by atoms with Crippen molar-refractivity contribution in [2.24, 2.45) is 4.99 Å². The van der Waals surface area contributed by atoms with Gasteiger partial charge in [-0.25, -0.2) is 9.48 Å². The van der Waals surface area contributed by atoms with Gasteiger partial charge in [0, 0.05) is 39.6 Å². The Labute approximate surface area is 177 Å². The summed E-state index contributed by atoms with van der Waals surface area (Å²) in [5.74, 6) is 1.70. The van der Waals surface area contributed by atoms with E-state index in [0.29, 0.717) is 6.54 Å². The van der Waals surface area contributed by atoms with Crippen LogP contribution in [0.15, 0.2) is 34.1 Å². The maximum Gasteiger partial charge on any atom is 0.345 e. The quantitative estimate of drug-likeness (QED) is 0.285. The van der Waals surface area contributed by atoms with Crippen LogP contribution < -0.4 is 16.3 Å². The summed E-state index contributed by atoms with van der Waals surface area (Å²) < 4.78 is 3.42. The first-order valence-corrected chi connectivity index (χ1v) is 9.34. The highest BCUT2D eigenvalue weighted by Crippen LogP contribution is 2.09. The van der Waals surface area contributed by atoms with E-state index >= 15 is 0 Å². The van der Waals surface area contributed by atoms with Crippen molar-refractivity contribution in [2.45, 2.75) is 52.2 Å². The highest BCUT2D eigenvalue weighted by atomic mass is 127. The van der Waals surface area contributed by atoms with Crippen molar-refractivity contribution < 1.29 is 0 Å². The Kier molecular flexibility index (Phi) is 8.33. The molecule has 27 heavy (non-hydrogen) atoms. The second-order valence-electron chi connectivity index (χ2n) is 6.73. The van der Waals surface area contributed by atoms with Crippen LogP contribution in [-0.2, 0) is 26.1 Å². The number of guanidine groups is 1. The topological polar surface area (TPSA) is 76.2 Å². The van der Waals surface area contributed by atoms with E-state index in [-0.39, 0.29) is 29.7 Å². The summed E-state index contributed by atoms with van der Waals surface area (Å²) in [7, 11) is 1.76. The molecule has 2 N–H and O–H groups in total. The van der Waals surface area contributed by atoms with E-state index in [0.717, 1.165) is 57.1 Å². The fourth-order valence-corrected chi connectivity index (χ4v) is 3.26. The number of nitrogens with zero attached hydrogens (tertiary/aromatic N) is 4. The van der Waals surface area contributed by atoms with Crippen molar-refractivity contribution in [2.75, 3.05) is 13.6 Å². The van der Waals surface area contributed by atoms with Crippen LogP contribution in [0.5, 0.6) is 0 Å². The molecule has 0 saturated carbocycles. The van der Waals surface area contributed by atoms with E-state index in [9.17, 15) is 4.79 Å². The van der Waals surface area contributed by atoms with Crippen LogP contribution in [0.25, 0.3) is 0 Å². The number of hydrogen-bond acceptors (Lipinski definition) is 3. The van der Waals surface area contributed by atoms with Crippen molar-refractivity contribution in [1.82, 2.24) is 25.0 Å². The molecule has 0 radical (unpaired) electrons. The molecular formula is C19H29IN6O. The normalized spacial score (nSPS) is 13.6. The third-order valence-electron chi connectivity index (χ3n) is 4.64. The maximum absolute atomic E-state index is 12.3. The molecule has 148 valence electrons. The predicted octanol–water partition coefficient (Wildman–Crippen LogP) is 2.06. The van der Waals surface area contributed by atoms with Gasteiger partial charge in [0.2, 0.25) is 0 Å². The number of aromatic nitrogens is 3. The van der Waals surface area contributed by atoms with Crippen LogP contribution >= 0.6 is 24.0 Å². The van der Waals surface area contributed by atoms with Crippen molar-refractivity contribution >= 4 is 29.9 Å². The number of nitrogens with one attached hydrogen (secondary N) is 2. The van der Waals surface area contributed by atoms with Crippen molar-refractivity contribution in [3.63, 3.8) is 0 Å². The molecule has 0 saturated heterocycles. The first-order chi connectivity index (χ1) is 12.7. The maximum atomic E-state index is 12.3. The predicted molar refractivity (Wildman–Crippen MR) is 119 cm³/mol. The monoisotopic (exact) mass is 484 g/mol. The zero-order valence-electron chi connectivity index (χ0n) is 16.1. The van der Waals surface area contributed by atoms with Gasteiger partial charge in [0.1, 0.15) is 5.82 Å². The van der Waals surface area contributed by atoms with E-state index < -0.39 is 0 Å². The first-order valence-electron chi connectivity index (χ1n) is 9.34. The summed E-state index contributed by atoms with van der Waals surface area (Å²) in [5, 5.41) is 11.1. The minimum Gasteiger partial charge on any atom is -0.356 e. The molecule has 2 heterocycles. The second kappa shape index (κ2) is 10.5. The van der Waals surface area contributed by atoms with Crippen molar-refractivity contribution in [1.29, 1.82) is 0 Å². The standard InChI is InChI=1S/C19H28N6O.HI/c1-15-7-5-8-16(13-15)14-22-18(20-2)21-10-6-12-25-19(26)24-11-4-3-9-17(24)23-25;/h5,7-8,13H,3-4,6,9-12,14H2,1-2H3,(H2,20,21,22);1H. The molecule has 0 bridgehead atoms. The average Bonchev–Trinajstić information content (AvgIpc) is 2.97. The number of hydrogen-bond donors (Lipinski definition) is 2. The van der Waals surface area contributed by atoms with Gasteiger partial charge in [0.05, 0.1) is 0 Å². The molecular weight excluding hydrogens is 455 g/mol. The average molecular weight is 484 g/mol. The molecule has 0 spiro atoms. The summed E-state index contributed by atoms with van der Waals surface area (Å²) in [6.45, 7) is 4.99. The molecule has 0 amide bonds. The number of fused-ring (bicyclic) bond motifs is 1. The zero-order chi connectivity index (χ0) is 18.4. The molecule has 0 atom stereocenters. The van der Waals surface area contributed by atoms with E-state index in [1.54, 1.807) is 11.7 Å². The lowest BCUT2D eigenvalue weighted by molar-refractivity contribution is 0.509. The summed E-state index contributed by atoms with van der Waals surface area (Å²) in [4.78, 5) is 16.5. The molecule has 1 aromatic heterocycles. The molecule has 0 fully saturated rings. The summed E-state index contributed by atoms with van der Waals surface area (Å²) in [6.07, 6.45) is 3.93. The SMILES string of the molecule is CN=C(NCCCn1nc2n(c1=O)CCCC2)NCc1cccc(C)c1.I. The summed E-state index contributed by atoms with van der Waals surface area (Å²) >= 11 is 0. The number of aliphatic imine (C=N–C) groups is 1. The zero-order valence-corrected chi connectivity index (χ0v) is 18.4.